The SMILES string of the molecule is CC(C)CC1C(=O)NC(C2Cc3ccccc3C2)C(=O)N1C(C(=O)NC(C)(C)C)c1ccc(N2CCC(O)CC2)cc1. The van der Waals surface area contributed by atoms with Gasteiger partial charge >= 0.3 is 0 Å². The van der Waals surface area contributed by atoms with Gasteiger partial charge in [0.05, 0.1) is 6.10 Å². The molecule has 2 fully saturated rings. The summed E-state index contributed by atoms with van der Waals surface area (Å²) in [5.41, 5.74) is 3.60. The van der Waals surface area contributed by atoms with Gasteiger partial charge in [-0.3, -0.25) is 14.4 Å². The number of piperidine rings is 1. The van der Waals surface area contributed by atoms with Crippen molar-refractivity contribution >= 4 is 23.4 Å². The van der Waals surface area contributed by atoms with E-state index in [-0.39, 0.29) is 35.7 Å². The molecule has 3 N–H and O–H groups in total. The first-order chi connectivity index (χ1) is 19.9. The van der Waals surface area contributed by atoms with Gasteiger partial charge in [0.1, 0.15) is 18.1 Å². The number of amides is 3. The van der Waals surface area contributed by atoms with Crippen LogP contribution in [0.2, 0.25) is 0 Å². The molecule has 3 amide bonds. The maximum atomic E-state index is 14.5. The Labute approximate surface area is 249 Å². The van der Waals surface area contributed by atoms with Gasteiger partial charge in [-0.2, -0.15) is 0 Å². The molecule has 0 saturated carbocycles. The van der Waals surface area contributed by atoms with Crippen LogP contribution in [0.3, 0.4) is 0 Å². The molecule has 5 rings (SSSR count). The first-order valence-electron chi connectivity index (χ1n) is 15.5. The number of hydrogen-bond acceptors (Lipinski definition) is 5. The van der Waals surface area contributed by atoms with Gasteiger partial charge in [-0.1, -0.05) is 50.2 Å². The van der Waals surface area contributed by atoms with E-state index < -0.39 is 23.7 Å². The van der Waals surface area contributed by atoms with E-state index in [1.807, 2.05) is 71.0 Å². The van der Waals surface area contributed by atoms with Gasteiger partial charge in [-0.15, -0.1) is 0 Å². The second-order valence-electron chi connectivity index (χ2n) is 13.8. The van der Waals surface area contributed by atoms with E-state index in [1.54, 1.807) is 4.90 Å². The summed E-state index contributed by atoms with van der Waals surface area (Å²) in [7, 11) is 0. The van der Waals surface area contributed by atoms with Crippen LogP contribution in [-0.4, -0.2) is 64.5 Å². The van der Waals surface area contributed by atoms with Gasteiger partial charge in [0.25, 0.3) is 0 Å². The van der Waals surface area contributed by atoms with Crippen LogP contribution in [-0.2, 0) is 27.2 Å². The van der Waals surface area contributed by atoms with Gasteiger partial charge in [-0.25, -0.2) is 0 Å². The molecule has 0 bridgehead atoms. The van der Waals surface area contributed by atoms with Crippen LogP contribution in [0.1, 0.15) is 76.6 Å². The number of anilines is 1. The fraction of sp³-hybridized carbons (Fsp3) is 0.559. The first kappa shape index (κ1) is 30.1. The van der Waals surface area contributed by atoms with Crippen LogP contribution in [0.25, 0.3) is 0 Å². The molecule has 3 unspecified atom stereocenters. The zero-order valence-corrected chi connectivity index (χ0v) is 25.6. The van der Waals surface area contributed by atoms with Crippen LogP contribution in [0.15, 0.2) is 48.5 Å². The van der Waals surface area contributed by atoms with Crippen molar-refractivity contribution in [1.82, 2.24) is 15.5 Å². The average Bonchev–Trinajstić information content (AvgIpc) is 3.36. The molecular formula is C34H46N4O4. The number of carbonyl (C=O) groups is 3. The van der Waals surface area contributed by atoms with Crippen molar-refractivity contribution in [2.24, 2.45) is 11.8 Å². The molecule has 2 heterocycles. The molecule has 2 saturated heterocycles. The molecule has 0 spiro atoms. The van der Waals surface area contributed by atoms with Gasteiger partial charge in [-0.05, 0) is 93.5 Å². The third kappa shape index (κ3) is 6.48. The summed E-state index contributed by atoms with van der Waals surface area (Å²) in [6.45, 7) is 11.4. The molecule has 2 aromatic carbocycles. The molecule has 2 aromatic rings. The van der Waals surface area contributed by atoms with Crippen LogP contribution in [0, 0.1) is 11.8 Å². The normalized spacial score (nSPS) is 22.7. The highest BCUT2D eigenvalue weighted by Crippen LogP contribution is 2.36. The Hall–Kier alpha value is -3.39. The molecule has 1 aliphatic carbocycles. The minimum absolute atomic E-state index is 0.0653. The number of aliphatic hydroxyl groups excluding tert-OH is 1. The Morgan fingerprint density at radius 3 is 2.14 bits per heavy atom. The number of benzene rings is 2. The highest BCUT2D eigenvalue weighted by molar-refractivity contribution is 6.00. The number of nitrogens with one attached hydrogen (secondary N) is 2. The molecule has 8 heteroatoms. The summed E-state index contributed by atoms with van der Waals surface area (Å²) < 4.78 is 0. The smallest absolute Gasteiger partial charge is 0.247 e. The Morgan fingerprint density at radius 2 is 1.60 bits per heavy atom. The van der Waals surface area contributed by atoms with Crippen LogP contribution < -0.4 is 15.5 Å². The summed E-state index contributed by atoms with van der Waals surface area (Å²) >= 11 is 0. The maximum Gasteiger partial charge on any atom is 0.247 e. The van der Waals surface area contributed by atoms with Crippen molar-refractivity contribution in [3.05, 3.63) is 65.2 Å². The Balaban J connectivity index is 1.51. The third-order valence-electron chi connectivity index (χ3n) is 8.77. The fourth-order valence-corrected chi connectivity index (χ4v) is 6.74. The van der Waals surface area contributed by atoms with E-state index in [1.165, 1.54) is 11.1 Å². The van der Waals surface area contributed by atoms with Crippen LogP contribution in [0.4, 0.5) is 5.69 Å². The summed E-state index contributed by atoms with van der Waals surface area (Å²) in [5.74, 6) is -0.597. The molecule has 0 radical (unpaired) electrons. The molecule has 0 aromatic heterocycles. The first-order valence-corrected chi connectivity index (χ1v) is 15.5. The van der Waals surface area contributed by atoms with Crippen molar-refractivity contribution in [2.75, 3.05) is 18.0 Å². The zero-order valence-electron chi connectivity index (χ0n) is 25.6. The van der Waals surface area contributed by atoms with Gasteiger partial charge in [0.15, 0.2) is 0 Å². The summed E-state index contributed by atoms with van der Waals surface area (Å²) in [4.78, 5) is 46.2. The topological polar surface area (TPSA) is 102 Å². The second-order valence-corrected chi connectivity index (χ2v) is 13.8. The lowest BCUT2D eigenvalue weighted by Gasteiger charge is -2.45. The highest BCUT2D eigenvalue weighted by atomic mass is 16.3. The van der Waals surface area contributed by atoms with Crippen molar-refractivity contribution in [1.29, 1.82) is 0 Å². The summed E-state index contributed by atoms with van der Waals surface area (Å²) in [5, 5.41) is 16.1. The molecule has 8 nitrogen and oxygen atoms in total. The zero-order chi connectivity index (χ0) is 30.2. The second kappa shape index (κ2) is 12.1. The number of carbonyl (C=O) groups excluding carboxylic acids is 3. The van der Waals surface area contributed by atoms with Crippen molar-refractivity contribution in [3.8, 4) is 0 Å². The van der Waals surface area contributed by atoms with E-state index in [2.05, 4.69) is 27.7 Å². The molecule has 2 aliphatic heterocycles. The van der Waals surface area contributed by atoms with Crippen molar-refractivity contribution in [2.45, 2.75) is 96.5 Å². The number of piperazine rings is 1. The van der Waals surface area contributed by atoms with E-state index in [0.29, 0.717) is 24.8 Å². The lowest BCUT2D eigenvalue weighted by atomic mass is 9.87. The lowest BCUT2D eigenvalue weighted by Crippen LogP contribution is -2.67. The summed E-state index contributed by atoms with van der Waals surface area (Å²) in [6.07, 6.45) is 3.07. The standard InChI is InChI=1S/C34H46N4O4/c1-21(2)18-28-31(40)35-29(25-19-23-8-6-7-9-24(23)20-25)33(42)38(28)30(32(41)36-34(3,4)5)22-10-12-26(13-11-22)37-16-14-27(39)15-17-37/h6-13,21,25,27-30,39H,14-20H2,1-5H3,(H,35,40)(H,36,41). The van der Waals surface area contributed by atoms with Crippen LogP contribution in [0.5, 0.6) is 0 Å². The van der Waals surface area contributed by atoms with Gasteiger partial charge in [0.2, 0.25) is 17.7 Å². The van der Waals surface area contributed by atoms with E-state index >= 15 is 0 Å². The molecule has 3 aliphatic rings. The van der Waals surface area contributed by atoms with E-state index in [0.717, 1.165) is 31.6 Å². The van der Waals surface area contributed by atoms with E-state index in [4.69, 9.17) is 0 Å². The number of aliphatic hydroxyl groups is 1. The average molecular weight is 575 g/mol. The van der Waals surface area contributed by atoms with Gasteiger partial charge < -0.3 is 25.5 Å². The Bertz CT molecular complexity index is 1270. The predicted molar refractivity (Wildman–Crippen MR) is 164 cm³/mol. The fourth-order valence-electron chi connectivity index (χ4n) is 6.74. The highest BCUT2D eigenvalue weighted by Gasteiger charge is 2.49. The maximum absolute atomic E-state index is 14.5. The third-order valence-corrected chi connectivity index (χ3v) is 8.77. The quantitative estimate of drug-likeness (QED) is 0.468. The number of rotatable bonds is 7. The number of hydrogen-bond donors (Lipinski definition) is 3. The predicted octanol–water partition coefficient (Wildman–Crippen LogP) is 3.76. The van der Waals surface area contributed by atoms with Gasteiger partial charge in [0, 0.05) is 24.3 Å². The molecular weight excluding hydrogens is 528 g/mol. The van der Waals surface area contributed by atoms with Crippen molar-refractivity contribution in [3.63, 3.8) is 0 Å². The van der Waals surface area contributed by atoms with Crippen LogP contribution >= 0.6 is 0 Å². The minimum atomic E-state index is -0.949. The Kier molecular flexibility index (Phi) is 8.65. The van der Waals surface area contributed by atoms with E-state index in [9.17, 15) is 19.5 Å². The molecule has 42 heavy (non-hydrogen) atoms. The number of fused-ring (bicyclic) bond motifs is 1. The Morgan fingerprint density at radius 1 is 1.00 bits per heavy atom. The van der Waals surface area contributed by atoms with Crippen molar-refractivity contribution < 1.29 is 19.5 Å². The minimum Gasteiger partial charge on any atom is -0.393 e. The lowest BCUT2D eigenvalue weighted by molar-refractivity contribution is -0.158. The molecule has 226 valence electrons. The largest absolute Gasteiger partial charge is 0.393 e. The summed E-state index contributed by atoms with van der Waals surface area (Å²) in [6, 6.07) is 13.6. The number of nitrogens with zero attached hydrogens (tertiary/aromatic N) is 2. The monoisotopic (exact) mass is 574 g/mol. The molecule has 3 atom stereocenters.